The van der Waals surface area contributed by atoms with E-state index in [1.807, 2.05) is 26.1 Å². The number of benzene rings is 1. The highest BCUT2D eigenvalue weighted by molar-refractivity contribution is 7.99. The number of aliphatic hydroxyl groups is 1. The van der Waals surface area contributed by atoms with E-state index in [9.17, 15) is 23.1 Å². The van der Waals surface area contributed by atoms with Crippen molar-refractivity contribution in [3.63, 3.8) is 0 Å². The number of alkyl halides is 3. The van der Waals surface area contributed by atoms with Gasteiger partial charge in [-0.2, -0.15) is 13.2 Å². The third-order valence-corrected chi connectivity index (χ3v) is 6.56. The van der Waals surface area contributed by atoms with E-state index in [0.717, 1.165) is 16.8 Å². The highest BCUT2D eigenvalue weighted by atomic mass is 32.2. The first-order valence-electron chi connectivity index (χ1n) is 10.1. The molecule has 0 amide bonds. The zero-order chi connectivity index (χ0) is 23.8. The number of thioether (sulfide) groups is 1. The Bertz CT molecular complexity index is 1180. The summed E-state index contributed by atoms with van der Waals surface area (Å²) in [6.07, 6.45) is -3.27. The summed E-state index contributed by atoms with van der Waals surface area (Å²) in [6, 6.07) is 9.28. The number of Topliss-reactive ketones (excluding diaryl/α,β-unsaturated/α-hetero) is 1. The number of aromatic nitrogens is 4. The summed E-state index contributed by atoms with van der Waals surface area (Å²) in [5, 5.41) is 19.1. The fourth-order valence-electron chi connectivity index (χ4n) is 3.39. The average molecular weight is 478 g/mol. The molecule has 1 aliphatic rings. The molecule has 4 rings (SSSR count). The molecule has 3 aromatic rings. The Labute approximate surface area is 192 Å². The number of pyridine rings is 1. The van der Waals surface area contributed by atoms with Gasteiger partial charge in [-0.3, -0.25) is 4.79 Å². The second-order valence-electron chi connectivity index (χ2n) is 7.98. The standard InChI is InChI=1S/C22H21F3N4O3S/c1-13(33-20-28-26-12-29(20)2)15-5-3-4-14(6-15)7-18(30)17-8-16(21(31)10-32-11-21)9-19(27-17)22(23,24)25/h3-6,8-9,12-13,31H,7,10-11H2,1-2H3/t13-/m0/s1. The van der Waals surface area contributed by atoms with Crippen LogP contribution in [0.25, 0.3) is 0 Å². The largest absolute Gasteiger partial charge is 0.433 e. The molecular weight excluding hydrogens is 457 g/mol. The zero-order valence-electron chi connectivity index (χ0n) is 17.8. The lowest BCUT2D eigenvalue weighted by molar-refractivity contribution is -0.185. The third kappa shape index (κ3) is 5.10. The van der Waals surface area contributed by atoms with Crippen molar-refractivity contribution in [1.29, 1.82) is 0 Å². The first kappa shape index (κ1) is 23.4. The summed E-state index contributed by atoms with van der Waals surface area (Å²) in [6.45, 7) is 1.72. The van der Waals surface area contributed by atoms with Crippen molar-refractivity contribution in [3.8, 4) is 0 Å². The number of ether oxygens (including phenoxy) is 1. The molecule has 7 nitrogen and oxygen atoms in total. The van der Waals surface area contributed by atoms with Crippen molar-refractivity contribution >= 4 is 17.5 Å². The SMILES string of the molecule is C[C@H](Sc1nncn1C)c1cccc(CC(=O)c2cc(C3(O)COC3)cc(C(F)(F)F)n2)c1. The van der Waals surface area contributed by atoms with Crippen LogP contribution in [0, 0.1) is 0 Å². The van der Waals surface area contributed by atoms with Gasteiger partial charge in [0, 0.05) is 18.7 Å². The quantitative estimate of drug-likeness (QED) is 0.409. The van der Waals surface area contributed by atoms with E-state index < -0.39 is 23.3 Å². The van der Waals surface area contributed by atoms with Crippen LogP contribution in [0.5, 0.6) is 0 Å². The molecule has 1 aromatic carbocycles. The minimum atomic E-state index is -4.75. The van der Waals surface area contributed by atoms with Crippen LogP contribution in [0.15, 0.2) is 47.9 Å². The molecule has 174 valence electrons. The molecule has 33 heavy (non-hydrogen) atoms. The molecule has 1 atom stereocenters. The summed E-state index contributed by atoms with van der Waals surface area (Å²) < 4.78 is 46.9. The van der Waals surface area contributed by atoms with Gasteiger partial charge in [-0.15, -0.1) is 10.2 Å². The Balaban J connectivity index is 1.56. The lowest BCUT2D eigenvalue weighted by Gasteiger charge is -2.37. The van der Waals surface area contributed by atoms with Gasteiger partial charge in [0.25, 0.3) is 0 Å². The number of aryl methyl sites for hydroxylation is 1. The highest BCUT2D eigenvalue weighted by Crippen LogP contribution is 2.36. The monoisotopic (exact) mass is 478 g/mol. The van der Waals surface area contributed by atoms with Crippen LogP contribution in [-0.2, 0) is 30.0 Å². The lowest BCUT2D eigenvalue weighted by Crippen LogP contribution is -2.46. The third-order valence-electron chi connectivity index (χ3n) is 5.36. The van der Waals surface area contributed by atoms with Crippen LogP contribution >= 0.6 is 11.8 Å². The molecule has 1 fully saturated rings. The number of carbonyl (C=O) groups excluding carboxylic acids is 1. The van der Waals surface area contributed by atoms with Crippen molar-refractivity contribution in [2.75, 3.05) is 13.2 Å². The van der Waals surface area contributed by atoms with Crippen LogP contribution < -0.4 is 0 Å². The molecule has 1 aliphatic heterocycles. The number of ketones is 1. The summed E-state index contributed by atoms with van der Waals surface area (Å²) in [7, 11) is 1.84. The maximum absolute atomic E-state index is 13.4. The molecule has 1 saturated heterocycles. The summed E-state index contributed by atoms with van der Waals surface area (Å²) in [5.41, 5.74) is -1.55. The maximum atomic E-state index is 13.4. The van der Waals surface area contributed by atoms with E-state index in [2.05, 4.69) is 15.2 Å². The van der Waals surface area contributed by atoms with E-state index >= 15 is 0 Å². The molecule has 0 aliphatic carbocycles. The van der Waals surface area contributed by atoms with Gasteiger partial charge in [-0.05, 0) is 35.7 Å². The van der Waals surface area contributed by atoms with Crippen molar-refractivity contribution in [2.45, 2.75) is 35.5 Å². The maximum Gasteiger partial charge on any atom is 0.433 e. The normalized spacial score (nSPS) is 16.3. The van der Waals surface area contributed by atoms with Gasteiger partial charge in [0.2, 0.25) is 0 Å². The Kier molecular flexibility index (Phi) is 6.30. The molecule has 0 bridgehead atoms. The molecule has 0 saturated carbocycles. The Morgan fingerprint density at radius 1 is 1.30 bits per heavy atom. The minimum absolute atomic E-state index is 0.00843. The zero-order valence-corrected chi connectivity index (χ0v) is 18.7. The number of hydrogen-bond donors (Lipinski definition) is 1. The van der Waals surface area contributed by atoms with Gasteiger partial charge in [0.15, 0.2) is 10.9 Å². The fraction of sp³-hybridized carbons (Fsp3) is 0.364. The summed E-state index contributed by atoms with van der Waals surface area (Å²) >= 11 is 1.50. The average Bonchev–Trinajstić information content (AvgIpc) is 3.15. The number of carbonyl (C=O) groups is 1. The number of nitrogens with zero attached hydrogens (tertiary/aromatic N) is 4. The number of halogens is 3. The van der Waals surface area contributed by atoms with Crippen LogP contribution in [-0.4, -0.2) is 43.9 Å². The Hall–Kier alpha value is -2.76. The van der Waals surface area contributed by atoms with E-state index in [1.54, 1.807) is 23.0 Å². The molecule has 2 aromatic heterocycles. The van der Waals surface area contributed by atoms with Crippen molar-refractivity contribution < 1.29 is 27.8 Å². The smallest absolute Gasteiger partial charge is 0.380 e. The molecule has 1 N–H and O–H groups in total. The van der Waals surface area contributed by atoms with Gasteiger partial charge in [-0.25, -0.2) is 4.98 Å². The second-order valence-corrected chi connectivity index (χ2v) is 9.29. The fourth-order valence-corrected chi connectivity index (χ4v) is 4.29. The molecule has 0 unspecified atom stereocenters. The van der Waals surface area contributed by atoms with Gasteiger partial charge < -0.3 is 14.4 Å². The van der Waals surface area contributed by atoms with Crippen LogP contribution in [0.3, 0.4) is 0 Å². The van der Waals surface area contributed by atoms with E-state index in [4.69, 9.17) is 4.74 Å². The number of hydrogen-bond acceptors (Lipinski definition) is 7. The molecule has 3 heterocycles. The van der Waals surface area contributed by atoms with Crippen molar-refractivity contribution in [3.05, 3.63) is 70.8 Å². The first-order chi connectivity index (χ1) is 15.5. The van der Waals surface area contributed by atoms with Gasteiger partial charge >= 0.3 is 6.18 Å². The molecule has 0 spiro atoms. The Morgan fingerprint density at radius 3 is 2.67 bits per heavy atom. The van der Waals surface area contributed by atoms with Gasteiger partial charge in [0.05, 0.1) is 13.2 Å². The topological polar surface area (TPSA) is 90.1 Å². The second kappa shape index (κ2) is 8.88. The van der Waals surface area contributed by atoms with Crippen LogP contribution in [0.2, 0.25) is 0 Å². The van der Waals surface area contributed by atoms with Crippen molar-refractivity contribution in [1.82, 2.24) is 19.7 Å². The molecule has 0 radical (unpaired) electrons. The van der Waals surface area contributed by atoms with Crippen LogP contribution in [0.4, 0.5) is 13.2 Å². The van der Waals surface area contributed by atoms with Gasteiger partial charge in [0.1, 0.15) is 23.3 Å². The summed E-state index contributed by atoms with van der Waals surface area (Å²) in [5.74, 6) is -0.572. The predicted octanol–water partition coefficient (Wildman–Crippen LogP) is 3.73. The van der Waals surface area contributed by atoms with Crippen molar-refractivity contribution in [2.24, 2.45) is 7.05 Å². The predicted molar refractivity (Wildman–Crippen MR) is 114 cm³/mol. The van der Waals surface area contributed by atoms with Crippen LogP contribution in [0.1, 0.15) is 45.0 Å². The highest BCUT2D eigenvalue weighted by Gasteiger charge is 2.41. The molecular formula is C22H21F3N4O3S. The number of rotatable bonds is 7. The van der Waals surface area contributed by atoms with E-state index in [-0.39, 0.29) is 36.1 Å². The minimum Gasteiger partial charge on any atom is -0.380 e. The van der Waals surface area contributed by atoms with Gasteiger partial charge in [-0.1, -0.05) is 36.0 Å². The Morgan fingerprint density at radius 2 is 2.06 bits per heavy atom. The summed E-state index contributed by atoms with van der Waals surface area (Å²) in [4.78, 5) is 16.4. The lowest BCUT2D eigenvalue weighted by atomic mass is 9.90. The van der Waals surface area contributed by atoms with E-state index in [0.29, 0.717) is 5.56 Å². The molecule has 11 heteroatoms. The van der Waals surface area contributed by atoms with E-state index in [1.165, 1.54) is 17.8 Å². The first-order valence-corrected chi connectivity index (χ1v) is 11.0.